The van der Waals surface area contributed by atoms with E-state index in [0.29, 0.717) is 0 Å². The van der Waals surface area contributed by atoms with Gasteiger partial charge in [-0.05, 0) is 0 Å². The Bertz CT molecular complexity index is 459. The molecule has 0 bridgehead atoms. The van der Waals surface area contributed by atoms with Crippen LogP contribution < -0.4 is 0 Å². The molecular formula is C10H21BF10N3P. The van der Waals surface area contributed by atoms with Gasteiger partial charge in [0.1, 0.15) is 33.8 Å². The first-order chi connectivity index (χ1) is 10.4. The molecule has 0 aromatic rings. The van der Waals surface area contributed by atoms with Crippen molar-refractivity contribution in [2.24, 2.45) is 0 Å². The summed E-state index contributed by atoms with van der Waals surface area (Å²) in [7, 11) is -4.53. The third-order valence-electron chi connectivity index (χ3n) is 1.22. The van der Waals surface area contributed by atoms with Crippen molar-refractivity contribution in [2.75, 3.05) is 42.3 Å². The van der Waals surface area contributed by atoms with Gasteiger partial charge in [-0.15, -0.1) is 0 Å². The molecule has 0 N–H and O–H groups in total. The van der Waals surface area contributed by atoms with E-state index in [9.17, 15) is 42.4 Å². The molecule has 0 fully saturated rings. The maximum absolute atomic E-state index is 10.7. The maximum atomic E-state index is 9.87. The van der Waals surface area contributed by atoms with Crippen molar-refractivity contribution in [3.63, 3.8) is 0 Å². The second-order valence-electron chi connectivity index (χ2n) is 5.23. The molecular weight excluding hydrogens is 394 g/mol. The van der Waals surface area contributed by atoms with Gasteiger partial charge in [0, 0.05) is 20.3 Å². The minimum atomic E-state index is -10.7. The van der Waals surface area contributed by atoms with Crippen LogP contribution in [0.4, 0.5) is 42.4 Å². The van der Waals surface area contributed by atoms with E-state index < -0.39 is 15.1 Å². The molecule has 0 aliphatic rings. The van der Waals surface area contributed by atoms with E-state index in [2.05, 4.69) is 18.6 Å². The van der Waals surface area contributed by atoms with Crippen molar-refractivity contribution in [3.05, 3.63) is 11.8 Å². The summed E-state index contributed by atoms with van der Waals surface area (Å²) < 4.78 is 102. The molecule has 0 atom stereocenters. The molecule has 0 rings (SSSR count). The van der Waals surface area contributed by atoms with Gasteiger partial charge in [-0.25, -0.2) is 9.15 Å². The Morgan fingerprint density at radius 1 is 0.760 bits per heavy atom. The number of nitrogens with zero attached hydrogens (tertiary/aromatic N) is 3. The Hall–Kier alpha value is -1.33. The van der Waals surface area contributed by atoms with Crippen LogP contribution in [0.2, 0.25) is 0 Å². The quantitative estimate of drug-likeness (QED) is 0.212. The van der Waals surface area contributed by atoms with Crippen molar-refractivity contribution in [2.45, 2.75) is 0 Å². The first-order valence-electron chi connectivity index (χ1n) is 6.21. The second-order valence-corrected chi connectivity index (χ2v) is 7.15. The van der Waals surface area contributed by atoms with Gasteiger partial charge < -0.3 is 22.2 Å². The van der Waals surface area contributed by atoms with Crippen LogP contribution in [0.1, 0.15) is 0 Å². The summed E-state index contributed by atoms with van der Waals surface area (Å²) in [5.74, 6) is 0. The normalized spacial score (nSPS) is 13.4. The molecule has 0 aromatic carbocycles. The molecule has 0 unspecified atom stereocenters. The molecule has 0 heterocycles. The molecule has 15 heteroatoms. The first kappa shape index (κ1) is 28.5. The number of rotatable bonds is 3. The Morgan fingerprint density at radius 3 is 1.08 bits per heavy atom. The number of hydrogen-bond acceptors (Lipinski definition) is 1. The van der Waals surface area contributed by atoms with Crippen LogP contribution in [0.15, 0.2) is 11.8 Å². The van der Waals surface area contributed by atoms with Gasteiger partial charge in [-0.3, -0.25) is 0 Å². The van der Waals surface area contributed by atoms with Crippen LogP contribution in [0, 0.1) is 0 Å². The molecule has 3 nitrogen and oxygen atoms in total. The monoisotopic (exact) mass is 415 g/mol. The molecule has 0 saturated heterocycles. The van der Waals surface area contributed by atoms with E-state index in [-0.39, 0.29) is 0 Å². The molecule has 154 valence electrons. The Labute approximate surface area is 139 Å². The average molecular weight is 415 g/mol. The Balaban J connectivity index is -0.000000337. The van der Waals surface area contributed by atoms with Gasteiger partial charge in [0.25, 0.3) is 0 Å². The van der Waals surface area contributed by atoms with E-state index in [1.165, 1.54) is 5.57 Å². The summed E-state index contributed by atoms with van der Waals surface area (Å²) in [5, 5.41) is 0. The fourth-order valence-corrected chi connectivity index (χ4v) is 0.994. The zero-order chi connectivity index (χ0) is 21.3. The summed E-state index contributed by atoms with van der Waals surface area (Å²) in [6, 6.07) is 0. The van der Waals surface area contributed by atoms with Crippen molar-refractivity contribution in [3.8, 4) is 0 Å². The predicted octanol–water partition coefficient (Wildman–Crippen LogP) is 4.80. The van der Waals surface area contributed by atoms with E-state index in [1.54, 1.807) is 0 Å². The van der Waals surface area contributed by atoms with Crippen LogP contribution in [-0.4, -0.2) is 76.0 Å². The molecule has 0 radical (unpaired) electrons. The molecule has 25 heavy (non-hydrogen) atoms. The van der Waals surface area contributed by atoms with Crippen LogP contribution in [0.5, 0.6) is 0 Å². The summed E-state index contributed by atoms with van der Waals surface area (Å²) in [6.45, 7) is 0. The summed E-state index contributed by atoms with van der Waals surface area (Å²) >= 11 is 0. The second kappa shape index (κ2) is 8.86. The zero-order valence-corrected chi connectivity index (χ0v) is 15.3. The fourth-order valence-electron chi connectivity index (χ4n) is 0.994. The summed E-state index contributed by atoms with van der Waals surface area (Å²) in [4.78, 5) is 2.04. The van der Waals surface area contributed by atoms with Gasteiger partial charge in [0.05, 0.1) is 0 Å². The Morgan fingerprint density at radius 2 is 0.960 bits per heavy atom. The average Bonchev–Trinajstić information content (AvgIpc) is 2.03. The van der Waals surface area contributed by atoms with E-state index in [1.807, 2.05) is 56.3 Å². The van der Waals surface area contributed by atoms with Gasteiger partial charge in [0.2, 0.25) is 0 Å². The first-order valence-corrected chi connectivity index (χ1v) is 8.24. The van der Waals surface area contributed by atoms with Crippen LogP contribution in [-0.2, 0) is 0 Å². The van der Waals surface area contributed by atoms with Crippen molar-refractivity contribution < 1.29 is 51.6 Å². The van der Waals surface area contributed by atoms with E-state index in [4.69, 9.17) is 0 Å². The Kier molecular flexibility index (Phi) is 10.1. The van der Waals surface area contributed by atoms with E-state index >= 15 is 0 Å². The fraction of sp³-hybridized carbons (Fsp3) is 0.600. The number of allylic oxidation sites excluding steroid dienone is 1. The minimum absolute atomic E-state index is 1.18. The third-order valence-corrected chi connectivity index (χ3v) is 1.22. The zero-order valence-electron chi connectivity index (χ0n) is 14.4. The molecule has 0 saturated carbocycles. The summed E-state index contributed by atoms with van der Waals surface area (Å²) in [5.41, 5.74) is 1.18. The van der Waals surface area contributed by atoms with Gasteiger partial charge in [0.15, 0.2) is 12.4 Å². The van der Waals surface area contributed by atoms with Crippen LogP contribution in [0.3, 0.4) is 0 Å². The standard InChI is InChI=1S/C10H21N3.BF4.F6P/c1-11(2)7-10(8-12(3)4)9-13(5)6;2-1(3,4)5;1-7(2,3,4,5)6/h7-9H,1-6H3;;/q+2;2*-1. The topological polar surface area (TPSA) is 9.26 Å². The van der Waals surface area contributed by atoms with Crippen LogP contribution in [0.25, 0.3) is 0 Å². The van der Waals surface area contributed by atoms with Gasteiger partial charge in [-0.2, -0.15) is 0 Å². The molecule has 0 aliphatic heterocycles. The third kappa shape index (κ3) is 85.1. The van der Waals surface area contributed by atoms with Crippen molar-refractivity contribution in [1.29, 1.82) is 0 Å². The number of halogens is 10. The summed E-state index contributed by atoms with van der Waals surface area (Å²) in [6.07, 6.45) is 6.25. The molecule has 0 aromatic heterocycles. The molecule has 0 spiro atoms. The van der Waals surface area contributed by atoms with Gasteiger partial charge in [-0.1, -0.05) is 0 Å². The van der Waals surface area contributed by atoms with Crippen molar-refractivity contribution >= 4 is 27.5 Å². The van der Waals surface area contributed by atoms with E-state index in [0.717, 1.165) is 0 Å². The van der Waals surface area contributed by atoms with Gasteiger partial charge >= 0.3 is 40.2 Å². The molecule has 0 amide bonds. The van der Waals surface area contributed by atoms with Crippen LogP contribution >= 0.6 is 7.81 Å². The molecule has 0 aliphatic carbocycles. The van der Waals surface area contributed by atoms with Crippen molar-refractivity contribution in [1.82, 2.24) is 4.90 Å². The predicted molar refractivity (Wildman–Crippen MR) is 81.9 cm³/mol. The number of hydrogen-bond donors (Lipinski definition) is 0. The SMILES string of the molecule is CN(C)C=C(C=[N+](C)C)C=[N+](C)C.F[B-](F)(F)F.F[P-](F)(F)(F)(F)F.